The smallest absolute Gasteiger partial charge is 0.261 e. The topological polar surface area (TPSA) is 71.2 Å². The molecule has 1 atom stereocenters. The molecule has 3 heterocycles. The summed E-state index contributed by atoms with van der Waals surface area (Å²) in [5.41, 5.74) is 2.39. The van der Waals surface area contributed by atoms with Crippen molar-refractivity contribution in [2.45, 2.75) is 26.4 Å². The van der Waals surface area contributed by atoms with Crippen molar-refractivity contribution < 1.29 is 9.53 Å². The molecule has 0 saturated carbocycles. The summed E-state index contributed by atoms with van der Waals surface area (Å²) in [4.78, 5) is 28.2. The maximum Gasteiger partial charge on any atom is 0.261 e. The Kier molecular flexibility index (Phi) is 4.13. The lowest BCUT2D eigenvalue weighted by atomic mass is 10.1. The standard InChI is InChI=1S/C16H18N2O3S/c1-9-7-10(2)18-16(20)14(9)15(19)17-8-12-11-4-6-22-13(11)3-5-21-12/h4,6-7,12H,3,5,8H2,1-2H3,(H,17,19)(H,18,20)/t12-/m1/s1. The van der Waals surface area contributed by atoms with E-state index in [1.54, 1.807) is 31.3 Å². The number of aromatic nitrogens is 1. The van der Waals surface area contributed by atoms with Gasteiger partial charge < -0.3 is 15.0 Å². The Morgan fingerprint density at radius 3 is 3.09 bits per heavy atom. The third-order valence-corrected chi connectivity index (χ3v) is 4.81. The first-order valence-electron chi connectivity index (χ1n) is 7.23. The first-order valence-corrected chi connectivity index (χ1v) is 8.11. The SMILES string of the molecule is Cc1cc(C)c(C(=O)NC[C@H]2OCCc3sccc32)c(=O)[nH]1. The number of nitrogens with one attached hydrogen (secondary N) is 2. The Bertz CT molecular complexity index is 763. The molecule has 22 heavy (non-hydrogen) atoms. The summed E-state index contributed by atoms with van der Waals surface area (Å²) in [6.07, 6.45) is 0.789. The first-order chi connectivity index (χ1) is 10.6. The van der Waals surface area contributed by atoms with E-state index in [-0.39, 0.29) is 23.1 Å². The number of fused-ring (bicyclic) bond motifs is 1. The highest BCUT2D eigenvalue weighted by Crippen LogP contribution is 2.30. The number of ether oxygens (including phenoxy) is 1. The van der Waals surface area contributed by atoms with Gasteiger partial charge in [0.05, 0.1) is 6.61 Å². The van der Waals surface area contributed by atoms with Gasteiger partial charge in [-0.2, -0.15) is 0 Å². The second-order valence-electron chi connectivity index (χ2n) is 5.46. The molecule has 0 bridgehead atoms. The van der Waals surface area contributed by atoms with Gasteiger partial charge in [0.2, 0.25) is 0 Å². The van der Waals surface area contributed by atoms with Crippen LogP contribution in [0.5, 0.6) is 0 Å². The van der Waals surface area contributed by atoms with Gasteiger partial charge in [-0.25, -0.2) is 0 Å². The molecular formula is C16H18N2O3S. The molecule has 2 aromatic heterocycles. The van der Waals surface area contributed by atoms with Gasteiger partial charge in [-0.1, -0.05) is 0 Å². The third-order valence-electron chi connectivity index (χ3n) is 3.82. The number of hydrogen-bond donors (Lipinski definition) is 2. The van der Waals surface area contributed by atoms with Crippen LogP contribution in [-0.2, 0) is 11.2 Å². The Morgan fingerprint density at radius 2 is 2.32 bits per heavy atom. The number of aryl methyl sites for hydroxylation is 2. The predicted molar refractivity (Wildman–Crippen MR) is 85.6 cm³/mol. The average Bonchev–Trinajstić information content (AvgIpc) is 2.92. The Morgan fingerprint density at radius 1 is 1.50 bits per heavy atom. The normalized spacial score (nSPS) is 17.1. The summed E-state index contributed by atoms with van der Waals surface area (Å²) in [5, 5.41) is 4.87. The largest absolute Gasteiger partial charge is 0.371 e. The van der Waals surface area contributed by atoms with Crippen molar-refractivity contribution in [1.29, 1.82) is 0 Å². The highest BCUT2D eigenvalue weighted by Gasteiger charge is 2.23. The molecular weight excluding hydrogens is 300 g/mol. The molecule has 0 spiro atoms. The van der Waals surface area contributed by atoms with Crippen molar-refractivity contribution in [3.8, 4) is 0 Å². The van der Waals surface area contributed by atoms with Crippen molar-refractivity contribution in [2.75, 3.05) is 13.2 Å². The number of hydrogen-bond acceptors (Lipinski definition) is 4. The molecule has 0 saturated heterocycles. The fourth-order valence-electron chi connectivity index (χ4n) is 2.80. The molecule has 1 aliphatic heterocycles. The van der Waals surface area contributed by atoms with Crippen molar-refractivity contribution in [3.05, 3.63) is 55.1 Å². The Hall–Kier alpha value is -1.92. The molecule has 0 aliphatic carbocycles. The quantitative estimate of drug-likeness (QED) is 0.910. The van der Waals surface area contributed by atoms with Crippen LogP contribution >= 0.6 is 11.3 Å². The van der Waals surface area contributed by atoms with E-state index in [0.717, 1.165) is 17.7 Å². The van der Waals surface area contributed by atoms with Gasteiger partial charge in [-0.3, -0.25) is 9.59 Å². The molecule has 6 heteroatoms. The lowest BCUT2D eigenvalue weighted by Gasteiger charge is -2.23. The lowest BCUT2D eigenvalue weighted by molar-refractivity contribution is 0.0423. The molecule has 1 amide bonds. The molecule has 116 valence electrons. The highest BCUT2D eigenvalue weighted by atomic mass is 32.1. The van der Waals surface area contributed by atoms with Gasteiger partial charge in [0.25, 0.3) is 11.5 Å². The molecule has 0 fully saturated rings. The molecule has 3 rings (SSSR count). The maximum atomic E-state index is 12.3. The minimum atomic E-state index is -0.357. The summed E-state index contributed by atoms with van der Waals surface area (Å²) >= 11 is 1.72. The zero-order chi connectivity index (χ0) is 15.7. The minimum absolute atomic E-state index is 0.135. The molecule has 5 nitrogen and oxygen atoms in total. The highest BCUT2D eigenvalue weighted by molar-refractivity contribution is 7.10. The number of thiophene rings is 1. The zero-order valence-corrected chi connectivity index (χ0v) is 13.4. The van der Waals surface area contributed by atoms with Crippen LogP contribution in [0, 0.1) is 13.8 Å². The van der Waals surface area contributed by atoms with E-state index in [4.69, 9.17) is 4.74 Å². The van der Waals surface area contributed by atoms with Gasteiger partial charge in [-0.05, 0) is 42.5 Å². The van der Waals surface area contributed by atoms with Gasteiger partial charge in [0.1, 0.15) is 11.7 Å². The third kappa shape index (κ3) is 2.84. The lowest BCUT2D eigenvalue weighted by Crippen LogP contribution is -2.35. The van der Waals surface area contributed by atoms with E-state index in [2.05, 4.69) is 10.3 Å². The second kappa shape index (κ2) is 6.06. The molecule has 2 aromatic rings. The van der Waals surface area contributed by atoms with Gasteiger partial charge in [0.15, 0.2) is 0 Å². The first kappa shape index (κ1) is 15.0. The fourth-order valence-corrected chi connectivity index (χ4v) is 3.72. The van der Waals surface area contributed by atoms with E-state index in [9.17, 15) is 9.59 Å². The van der Waals surface area contributed by atoms with E-state index in [0.29, 0.717) is 18.7 Å². The number of carbonyl (C=O) groups excluding carboxylic acids is 1. The number of pyridine rings is 1. The van der Waals surface area contributed by atoms with Crippen LogP contribution in [0.2, 0.25) is 0 Å². The second-order valence-corrected chi connectivity index (χ2v) is 6.46. The molecule has 0 unspecified atom stereocenters. The number of carbonyl (C=O) groups is 1. The van der Waals surface area contributed by atoms with Crippen LogP contribution < -0.4 is 10.9 Å². The Labute approximate surface area is 132 Å². The molecule has 0 radical (unpaired) electrons. The fraction of sp³-hybridized carbons (Fsp3) is 0.375. The van der Waals surface area contributed by atoms with Crippen molar-refractivity contribution >= 4 is 17.2 Å². The molecule has 1 aliphatic rings. The van der Waals surface area contributed by atoms with Crippen molar-refractivity contribution in [1.82, 2.24) is 10.3 Å². The van der Waals surface area contributed by atoms with Crippen LogP contribution in [0.15, 0.2) is 22.3 Å². The number of rotatable bonds is 3. The van der Waals surface area contributed by atoms with Crippen LogP contribution in [0.1, 0.15) is 38.2 Å². The van der Waals surface area contributed by atoms with Crippen molar-refractivity contribution in [3.63, 3.8) is 0 Å². The summed E-state index contributed by atoms with van der Waals surface area (Å²) in [6, 6.07) is 3.84. The maximum absolute atomic E-state index is 12.3. The van der Waals surface area contributed by atoms with E-state index in [1.807, 2.05) is 11.4 Å². The van der Waals surface area contributed by atoms with Crippen LogP contribution in [0.25, 0.3) is 0 Å². The van der Waals surface area contributed by atoms with Crippen LogP contribution in [0.4, 0.5) is 0 Å². The molecule has 2 N–H and O–H groups in total. The zero-order valence-electron chi connectivity index (χ0n) is 12.6. The van der Waals surface area contributed by atoms with E-state index in [1.165, 1.54) is 4.88 Å². The van der Waals surface area contributed by atoms with E-state index >= 15 is 0 Å². The number of aromatic amines is 1. The summed E-state index contributed by atoms with van der Waals surface area (Å²) < 4.78 is 5.73. The summed E-state index contributed by atoms with van der Waals surface area (Å²) in [6.45, 7) is 4.60. The average molecular weight is 318 g/mol. The van der Waals surface area contributed by atoms with Crippen LogP contribution in [-0.4, -0.2) is 24.0 Å². The van der Waals surface area contributed by atoms with Crippen LogP contribution in [0.3, 0.4) is 0 Å². The monoisotopic (exact) mass is 318 g/mol. The van der Waals surface area contributed by atoms with E-state index < -0.39 is 0 Å². The Balaban J connectivity index is 1.73. The van der Waals surface area contributed by atoms with Crippen molar-refractivity contribution in [2.24, 2.45) is 0 Å². The molecule has 0 aromatic carbocycles. The van der Waals surface area contributed by atoms with Gasteiger partial charge in [-0.15, -0.1) is 11.3 Å². The minimum Gasteiger partial charge on any atom is -0.371 e. The van der Waals surface area contributed by atoms with Gasteiger partial charge in [0, 0.05) is 23.5 Å². The summed E-state index contributed by atoms with van der Waals surface area (Å²) in [7, 11) is 0. The predicted octanol–water partition coefficient (Wildman–Crippen LogP) is 2.10. The van der Waals surface area contributed by atoms with Gasteiger partial charge >= 0.3 is 0 Å². The number of amides is 1. The summed E-state index contributed by atoms with van der Waals surface area (Å²) in [5.74, 6) is -0.357. The number of H-pyrrole nitrogens is 1.